The molecule has 0 amide bonds. The highest BCUT2D eigenvalue weighted by molar-refractivity contribution is 5.79. The molecule has 2 N–H and O–H groups in total. The summed E-state index contributed by atoms with van der Waals surface area (Å²) in [5.41, 5.74) is 0.165. The van der Waals surface area contributed by atoms with E-state index in [1.165, 1.54) is 12.1 Å². The summed E-state index contributed by atoms with van der Waals surface area (Å²) in [7, 11) is 0. The first-order valence-corrected chi connectivity index (χ1v) is 6.81. The summed E-state index contributed by atoms with van der Waals surface area (Å²) in [4.78, 5) is 11.5. The number of carboxylic acid groups (broad SMARTS) is 1. The first kappa shape index (κ1) is 14.0. The second-order valence-corrected chi connectivity index (χ2v) is 5.30. The van der Waals surface area contributed by atoms with Crippen molar-refractivity contribution in [1.29, 1.82) is 0 Å². The minimum absolute atomic E-state index is 0.262. The summed E-state index contributed by atoms with van der Waals surface area (Å²) in [6, 6.07) is 6.57. The van der Waals surface area contributed by atoms with E-state index >= 15 is 0 Å². The number of rotatable bonds is 5. The zero-order valence-electron chi connectivity index (χ0n) is 11.2. The number of carbonyl (C=O) groups is 1. The molecule has 0 bridgehead atoms. The van der Waals surface area contributed by atoms with E-state index in [0.29, 0.717) is 25.3 Å². The van der Waals surface area contributed by atoms with Gasteiger partial charge in [0, 0.05) is 6.04 Å². The fourth-order valence-electron chi connectivity index (χ4n) is 2.74. The Morgan fingerprint density at radius 3 is 2.68 bits per heavy atom. The molecular formula is C15H20FNO2. The Bertz CT molecular complexity index is 446. The van der Waals surface area contributed by atoms with Gasteiger partial charge in [-0.05, 0) is 49.8 Å². The summed E-state index contributed by atoms with van der Waals surface area (Å²) >= 11 is 0. The second-order valence-electron chi connectivity index (χ2n) is 5.30. The van der Waals surface area contributed by atoms with E-state index in [-0.39, 0.29) is 5.82 Å². The molecule has 3 nitrogen and oxygen atoms in total. The van der Waals surface area contributed by atoms with Crippen LogP contribution in [-0.2, 0) is 11.2 Å². The Labute approximate surface area is 112 Å². The lowest BCUT2D eigenvalue weighted by atomic mass is 9.90. The monoisotopic (exact) mass is 265 g/mol. The van der Waals surface area contributed by atoms with Crippen molar-refractivity contribution in [2.45, 2.75) is 50.6 Å². The van der Waals surface area contributed by atoms with Gasteiger partial charge in [-0.2, -0.15) is 0 Å². The Morgan fingerprint density at radius 1 is 1.47 bits per heavy atom. The Hall–Kier alpha value is -1.42. The molecule has 0 radical (unpaired) electrons. The highest BCUT2D eigenvalue weighted by Gasteiger charge is 2.43. The van der Waals surface area contributed by atoms with Crippen LogP contribution in [0.5, 0.6) is 0 Å². The zero-order valence-corrected chi connectivity index (χ0v) is 11.2. The average Bonchev–Trinajstić information content (AvgIpc) is 2.83. The van der Waals surface area contributed by atoms with Crippen molar-refractivity contribution in [2.24, 2.45) is 0 Å². The third-order valence-electron chi connectivity index (χ3n) is 4.06. The molecule has 104 valence electrons. The largest absolute Gasteiger partial charge is 0.480 e. The molecule has 0 aliphatic carbocycles. The first-order chi connectivity index (χ1) is 9.05. The number of carboxylic acids is 1. The van der Waals surface area contributed by atoms with Crippen LogP contribution in [0.4, 0.5) is 4.39 Å². The normalized spacial score (nSPS) is 26.5. The number of aryl methyl sites for hydroxylation is 1. The highest BCUT2D eigenvalue weighted by Crippen LogP contribution is 2.29. The van der Waals surface area contributed by atoms with E-state index < -0.39 is 11.5 Å². The van der Waals surface area contributed by atoms with Crippen LogP contribution in [0.2, 0.25) is 0 Å². The molecule has 1 aromatic carbocycles. The maximum atomic E-state index is 12.8. The van der Waals surface area contributed by atoms with Crippen molar-refractivity contribution < 1.29 is 14.3 Å². The van der Waals surface area contributed by atoms with Gasteiger partial charge >= 0.3 is 5.97 Å². The number of aliphatic carboxylic acids is 1. The van der Waals surface area contributed by atoms with Gasteiger partial charge in [0.2, 0.25) is 0 Å². The van der Waals surface area contributed by atoms with E-state index in [1.807, 2.05) is 0 Å². The van der Waals surface area contributed by atoms with Crippen molar-refractivity contribution >= 4 is 5.97 Å². The SMILES string of the molecule is CC[C@H]1CC[C@](CCc2ccc(F)cc2)(C(=O)O)N1. The molecule has 0 unspecified atom stereocenters. The lowest BCUT2D eigenvalue weighted by Gasteiger charge is -2.26. The fourth-order valence-corrected chi connectivity index (χ4v) is 2.74. The molecule has 2 rings (SSSR count). The van der Waals surface area contributed by atoms with Gasteiger partial charge in [-0.25, -0.2) is 4.39 Å². The van der Waals surface area contributed by atoms with Gasteiger partial charge < -0.3 is 5.11 Å². The van der Waals surface area contributed by atoms with E-state index in [1.54, 1.807) is 12.1 Å². The molecule has 1 saturated heterocycles. The smallest absolute Gasteiger partial charge is 0.323 e. The molecular weight excluding hydrogens is 245 g/mol. The van der Waals surface area contributed by atoms with Crippen molar-refractivity contribution in [1.82, 2.24) is 5.32 Å². The lowest BCUT2D eigenvalue weighted by molar-refractivity contribution is -0.144. The van der Waals surface area contributed by atoms with Gasteiger partial charge in [0.15, 0.2) is 0 Å². The van der Waals surface area contributed by atoms with E-state index in [9.17, 15) is 14.3 Å². The van der Waals surface area contributed by atoms with E-state index in [2.05, 4.69) is 12.2 Å². The number of hydrogen-bond donors (Lipinski definition) is 2. The van der Waals surface area contributed by atoms with Crippen LogP contribution >= 0.6 is 0 Å². The molecule has 2 atom stereocenters. The number of hydrogen-bond acceptors (Lipinski definition) is 2. The van der Waals surface area contributed by atoms with Crippen LogP contribution in [0.25, 0.3) is 0 Å². The molecule has 1 heterocycles. The van der Waals surface area contributed by atoms with Crippen LogP contribution in [0.1, 0.15) is 38.2 Å². The molecule has 4 heteroatoms. The predicted octanol–water partition coefficient (Wildman–Crippen LogP) is 2.74. The molecule has 0 aromatic heterocycles. The minimum atomic E-state index is -0.810. The summed E-state index contributed by atoms with van der Waals surface area (Å²) in [5.74, 6) is -1.03. The third kappa shape index (κ3) is 3.13. The molecule has 1 aliphatic heterocycles. The summed E-state index contributed by atoms with van der Waals surface area (Å²) < 4.78 is 12.8. The van der Waals surface area contributed by atoms with Gasteiger partial charge in [-0.1, -0.05) is 19.1 Å². The summed E-state index contributed by atoms with van der Waals surface area (Å²) in [5, 5.41) is 12.7. The van der Waals surface area contributed by atoms with Gasteiger partial charge in [-0.15, -0.1) is 0 Å². The number of benzene rings is 1. The molecule has 1 aliphatic rings. The van der Waals surface area contributed by atoms with Crippen LogP contribution in [0, 0.1) is 5.82 Å². The van der Waals surface area contributed by atoms with Crippen LogP contribution in [-0.4, -0.2) is 22.7 Å². The third-order valence-corrected chi connectivity index (χ3v) is 4.06. The fraction of sp³-hybridized carbons (Fsp3) is 0.533. The topological polar surface area (TPSA) is 49.3 Å². The van der Waals surface area contributed by atoms with Crippen molar-refractivity contribution in [2.75, 3.05) is 0 Å². The number of nitrogens with one attached hydrogen (secondary N) is 1. The van der Waals surface area contributed by atoms with Gasteiger partial charge in [0.05, 0.1) is 0 Å². The van der Waals surface area contributed by atoms with Crippen LogP contribution in [0.15, 0.2) is 24.3 Å². The van der Waals surface area contributed by atoms with E-state index in [4.69, 9.17) is 0 Å². The maximum Gasteiger partial charge on any atom is 0.323 e. The second kappa shape index (κ2) is 5.70. The first-order valence-electron chi connectivity index (χ1n) is 6.81. The van der Waals surface area contributed by atoms with Crippen molar-refractivity contribution in [3.8, 4) is 0 Å². The maximum absolute atomic E-state index is 12.8. The predicted molar refractivity (Wildman–Crippen MR) is 71.5 cm³/mol. The van der Waals surface area contributed by atoms with Crippen LogP contribution in [0.3, 0.4) is 0 Å². The standard InChI is InChI=1S/C15H20FNO2/c1-2-13-8-10-15(17-13,14(18)19)9-7-11-3-5-12(16)6-4-11/h3-6,13,17H,2,7-10H2,1H3,(H,18,19)/t13-,15+/m0/s1. The van der Waals surface area contributed by atoms with Crippen molar-refractivity contribution in [3.05, 3.63) is 35.6 Å². The van der Waals surface area contributed by atoms with Gasteiger partial charge in [-0.3, -0.25) is 10.1 Å². The molecule has 1 fully saturated rings. The highest BCUT2D eigenvalue weighted by atomic mass is 19.1. The van der Waals surface area contributed by atoms with Crippen LogP contribution < -0.4 is 5.32 Å². The van der Waals surface area contributed by atoms with Gasteiger partial charge in [0.25, 0.3) is 0 Å². The Balaban J connectivity index is 2.02. The van der Waals surface area contributed by atoms with E-state index in [0.717, 1.165) is 18.4 Å². The molecule has 0 spiro atoms. The van der Waals surface area contributed by atoms with Crippen molar-refractivity contribution in [3.63, 3.8) is 0 Å². The lowest BCUT2D eigenvalue weighted by Crippen LogP contribution is -2.50. The minimum Gasteiger partial charge on any atom is -0.480 e. The molecule has 0 saturated carbocycles. The summed E-state index contributed by atoms with van der Waals surface area (Å²) in [6.45, 7) is 2.07. The molecule has 1 aromatic rings. The van der Waals surface area contributed by atoms with Gasteiger partial charge in [0.1, 0.15) is 11.4 Å². The Morgan fingerprint density at radius 2 is 2.16 bits per heavy atom. The number of halogens is 1. The summed E-state index contributed by atoms with van der Waals surface area (Å²) in [6.07, 6.45) is 3.72. The molecule has 19 heavy (non-hydrogen) atoms. The zero-order chi connectivity index (χ0) is 13.9. The quantitative estimate of drug-likeness (QED) is 0.860. The average molecular weight is 265 g/mol. The Kier molecular flexibility index (Phi) is 4.20.